The number of fused-ring (bicyclic) bond motifs is 2. The average Bonchev–Trinajstić information content (AvgIpc) is 0.758. The van der Waals surface area contributed by atoms with Gasteiger partial charge >= 0.3 is 35.8 Å². The van der Waals surface area contributed by atoms with Crippen LogP contribution in [0.25, 0.3) is 21.8 Å². The number of carboxylic acid groups (broad SMARTS) is 4. The topological polar surface area (TPSA) is 468 Å². The summed E-state index contributed by atoms with van der Waals surface area (Å²) in [7, 11) is 0. The highest BCUT2D eigenvalue weighted by Crippen LogP contribution is 2.46. The van der Waals surface area contributed by atoms with Crippen molar-refractivity contribution < 1.29 is 86.5 Å². The van der Waals surface area contributed by atoms with Crippen molar-refractivity contribution in [2.75, 3.05) is 100 Å². The molecule has 2 aromatic heterocycles. The highest BCUT2D eigenvalue weighted by molar-refractivity contribution is 8.00. The molecule has 508 valence electrons. The summed E-state index contributed by atoms with van der Waals surface area (Å²) in [5.74, 6) is -7.83. The number of nitrogens with two attached hydrogens (primary N) is 3. The number of nitriles is 1. The van der Waals surface area contributed by atoms with Crippen LogP contribution in [0.3, 0.4) is 0 Å². The van der Waals surface area contributed by atoms with E-state index in [2.05, 4.69) is 9.98 Å². The van der Waals surface area contributed by atoms with Crippen LogP contribution in [0.15, 0.2) is 66.6 Å². The molecule has 8 aliphatic rings. The molecule has 0 radical (unpaired) electrons. The van der Waals surface area contributed by atoms with Gasteiger partial charge in [-0.2, -0.15) is 10.3 Å². The standard InChI is InChI=1S/C29H31FN8O9S.C20H20FN5O4.C10H12N2O5S/c1-12-9-47-23-20-15(22(40)16(26(42)43)8-37(12)20)7-17(30)21(23)35-3-5-36(6-4-35)29(32)34-28(31)33-18-24(41)38-19(27(44)45)14(10-46-13(2)39)11-48-25(18)38;1-11-10-30-19-16-12(18(27)13(20(28)29)9-26(11)16)8-14(21)17(19)25-6-4-24(5-7-25)15(23)2-3-22;1-4(13)17-2-5-3-18-9-6(11)8(14)12(9)7(5)10(15)16/h7-8,12,18,25H,3-6,9-11H2,1-2H3,(H,42,43)(H,44,45)(H4,31,32,33,34);8-9,11,23H,2,4-7,10H2,1H3,(H,28,29);6,9H,2-3,11H2,1H3,(H,15,16). The van der Waals surface area contributed by atoms with E-state index in [0.717, 1.165) is 17.0 Å². The molecule has 12 rings (SSSR count). The number of aliphatic imine (C=N–C) groups is 2. The molecule has 4 fully saturated rings. The van der Waals surface area contributed by atoms with E-state index >= 15 is 8.78 Å². The van der Waals surface area contributed by atoms with Gasteiger partial charge in [0.2, 0.25) is 22.7 Å². The molecule has 6 unspecified atom stereocenters. The number of anilines is 2. The van der Waals surface area contributed by atoms with Gasteiger partial charge in [0.25, 0.3) is 5.91 Å². The number of carbonyl (C=O) groups is 8. The lowest BCUT2D eigenvalue weighted by Gasteiger charge is -2.47. The Labute approximate surface area is 550 Å². The van der Waals surface area contributed by atoms with E-state index in [1.165, 1.54) is 54.7 Å². The van der Waals surface area contributed by atoms with Crippen molar-refractivity contribution in [3.63, 3.8) is 0 Å². The first kappa shape index (κ1) is 68.4. The summed E-state index contributed by atoms with van der Waals surface area (Å²) in [4.78, 5) is 136. The Morgan fingerprint density at radius 3 is 1.52 bits per heavy atom. The number of hydrogen-bond acceptors (Lipinski definition) is 22. The fraction of sp³-hybridized carbons (Fsp3) is 0.424. The number of halogens is 2. The number of carboxylic acids is 4. The van der Waals surface area contributed by atoms with Gasteiger partial charge in [0.05, 0.1) is 46.4 Å². The van der Waals surface area contributed by atoms with Crippen molar-refractivity contribution in [2.45, 2.75) is 69.0 Å². The number of amidine groups is 1. The Balaban J connectivity index is 0.000000176. The Morgan fingerprint density at radius 2 is 1.10 bits per heavy atom. The quantitative estimate of drug-likeness (QED) is 0.0418. The predicted octanol–water partition coefficient (Wildman–Crippen LogP) is 0.665. The molecule has 6 atom stereocenters. The SMILES string of the molecule is CC(=O)OCC1=C(C(=O)O)N2C(=O)C(N)C2SC1.CC(=O)OCC1=C(C(=O)O)N2C(=O)C(N=C(N)N=C(N)N3CCN(c4c(F)cc5c(=O)c(C(=O)O)cn6c5c4OCC6C)CC3)C2SC1.CC1COc2c(N3CCN(C(=N)CC#N)CC3)c(F)cc3c(=O)c(C(=O)O)cn1c23. The number of amides is 2. The van der Waals surface area contributed by atoms with Gasteiger partial charge in [0.1, 0.15) is 82.9 Å². The van der Waals surface area contributed by atoms with E-state index in [1.54, 1.807) is 35.7 Å². The van der Waals surface area contributed by atoms with E-state index in [1.807, 2.05) is 13.0 Å². The van der Waals surface area contributed by atoms with E-state index < -0.39 is 98.7 Å². The van der Waals surface area contributed by atoms with Crippen LogP contribution in [0.1, 0.15) is 66.9 Å². The second-order valence-corrected chi connectivity index (χ2v) is 25.1. The van der Waals surface area contributed by atoms with Crippen LogP contribution < -0.4 is 47.3 Å². The van der Waals surface area contributed by atoms with Gasteiger partial charge in [0.15, 0.2) is 35.1 Å². The summed E-state index contributed by atoms with van der Waals surface area (Å²) >= 11 is 2.63. The van der Waals surface area contributed by atoms with Gasteiger partial charge < -0.3 is 85.3 Å². The monoisotopic (exact) mass is 1370 g/mol. The number of guanidine groups is 2. The second-order valence-electron chi connectivity index (χ2n) is 22.9. The summed E-state index contributed by atoms with van der Waals surface area (Å²) in [6, 6.07) is 1.92. The average molecular weight is 1370 g/mol. The Bertz CT molecular complexity index is 4330. The van der Waals surface area contributed by atoms with Crippen LogP contribution in [0.5, 0.6) is 11.5 Å². The van der Waals surface area contributed by atoms with E-state index in [9.17, 15) is 63.3 Å². The van der Waals surface area contributed by atoms with Gasteiger partial charge in [0, 0.05) is 101 Å². The fourth-order valence-electron chi connectivity index (χ4n) is 12.1. The number of esters is 2. The van der Waals surface area contributed by atoms with Crippen LogP contribution >= 0.6 is 23.5 Å². The number of benzene rings is 2. The zero-order chi connectivity index (χ0) is 69.6. The summed E-state index contributed by atoms with van der Waals surface area (Å²) in [5.41, 5.74) is 16.9. The van der Waals surface area contributed by atoms with Gasteiger partial charge in [-0.15, -0.1) is 23.5 Å². The number of aromatic carboxylic acids is 2. The Morgan fingerprint density at radius 1 is 0.677 bits per heavy atom. The molecule has 37 heteroatoms. The molecular formula is C59H63F2N15O18S2. The molecule has 0 bridgehead atoms. The number of pyridine rings is 2. The number of thioether (sulfide) groups is 2. The molecule has 2 amide bonds. The van der Waals surface area contributed by atoms with Crippen LogP contribution in [0.2, 0.25) is 0 Å². The first-order chi connectivity index (χ1) is 45.5. The number of nitrogens with one attached hydrogen (secondary N) is 1. The van der Waals surface area contributed by atoms with Crippen LogP contribution in [0, 0.1) is 28.4 Å². The number of aliphatic carboxylic acids is 2. The minimum atomic E-state index is -1.40. The molecule has 0 saturated carbocycles. The third kappa shape index (κ3) is 12.8. The van der Waals surface area contributed by atoms with Crippen LogP contribution in [0.4, 0.5) is 20.2 Å². The van der Waals surface area contributed by atoms with Crippen LogP contribution in [-0.2, 0) is 38.2 Å². The summed E-state index contributed by atoms with van der Waals surface area (Å²) in [5, 5.41) is 53.4. The predicted molar refractivity (Wildman–Crippen MR) is 340 cm³/mol. The van der Waals surface area contributed by atoms with E-state index in [4.69, 9.17) is 51.9 Å². The smallest absolute Gasteiger partial charge is 0.352 e. The Hall–Kier alpha value is -10.5. The second kappa shape index (κ2) is 27.5. The van der Waals surface area contributed by atoms with Crippen LogP contribution in [-0.4, -0.2) is 228 Å². The molecule has 4 saturated heterocycles. The van der Waals surface area contributed by atoms with Gasteiger partial charge in [-0.3, -0.25) is 44.0 Å². The fourth-order valence-corrected chi connectivity index (χ4v) is 14.6. The van der Waals surface area contributed by atoms with Crippen molar-refractivity contribution in [3.8, 4) is 17.6 Å². The molecule has 11 N–H and O–H groups in total. The molecule has 4 aromatic rings. The zero-order valence-corrected chi connectivity index (χ0v) is 53.2. The van der Waals surface area contributed by atoms with Gasteiger partial charge in [-0.25, -0.2) is 33.0 Å². The van der Waals surface area contributed by atoms with Gasteiger partial charge in [-0.1, -0.05) is 0 Å². The lowest BCUT2D eigenvalue weighted by Crippen LogP contribution is -2.68. The van der Waals surface area contributed by atoms with Crippen molar-refractivity contribution in [3.05, 3.63) is 90.3 Å². The number of carbonyl (C=O) groups excluding carboxylic acids is 4. The Kier molecular flexibility index (Phi) is 19.6. The van der Waals surface area contributed by atoms with Crippen molar-refractivity contribution >= 4 is 122 Å². The molecule has 96 heavy (non-hydrogen) atoms. The molecule has 10 heterocycles. The molecular weight excluding hydrogens is 1310 g/mol. The van der Waals surface area contributed by atoms with Gasteiger partial charge in [-0.05, 0) is 26.0 Å². The lowest BCUT2D eigenvalue weighted by atomic mass is 10.0. The minimum Gasteiger partial charge on any atom is -0.487 e. The largest absolute Gasteiger partial charge is 0.487 e. The maximum atomic E-state index is 15.6. The number of aromatic nitrogens is 2. The first-order valence-corrected chi connectivity index (χ1v) is 31.6. The van der Waals surface area contributed by atoms with E-state index in [-0.39, 0.29) is 145 Å². The highest BCUT2D eigenvalue weighted by atomic mass is 32.2. The number of nitrogens with zero attached hydrogens (tertiary/aromatic N) is 11. The third-order valence-corrected chi connectivity index (χ3v) is 19.5. The molecule has 0 spiro atoms. The summed E-state index contributed by atoms with van der Waals surface area (Å²) in [6.45, 7) is 8.93. The number of ether oxygens (including phenoxy) is 4. The zero-order valence-electron chi connectivity index (χ0n) is 51.6. The molecule has 2 aromatic carbocycles. The third-order valence-electron chi connectivity index (χ3n) is 16.8. The minimum absolute atomic E-state index is 0.00560. The van der Waals surface area contributed by atoms with Crippen molar-refractivity contribution in [1.82, 2.24) is 28.7 Å². The first-order valence-electron chi connectivity index (χ1n) is 29.5. The number of hydrogen-bond donors (Lipinski definition) is 8. The maximum Gasteiger partial charge on any atom is 0.352 e. The summed E-state index contributed by atoms with van der Waals surface area (Å²) < 4.78 is 55.6. The lowest BCUT2D eigenvalue weighted by molar-refractivity contribution is -0.148. The molecule has 33 nitrogen and oxygen atoms in total. The normalized spacial score (nSPS) is 22.0. The molecule has 0 aliphatic carbocycles. The number of rotatable bonds is 12. The van der Waals surface area contributed by atoms with Crippen molar-refractivity contribution in [2.24, 2.45) is 27.2 Å². The summed E-state index contributed by atoms with van der Waals surface area (Å²) in [6.07, 6.45) is 2.58. The maximum absolute atomic E-state index is 15.6. The van der Waals surface area contributed by atoms with E-state index in [0.29, 0.717) is 54.1 Å². The van der Waals surface area contributed by atoms with Crippen molar-refractivity contribution in [1.29, 1.82) is 10.7 Å². The molecule has 8 aliphatic heterocycles. The number of piperazine rings is 2. The highest BCUT2D eigenvalue weighted by Gasteiger charge is 2.55. The number of β-lactam (4-membered cyclic amide) rings is 2.